The number of rotatable bonds is 4. The Hall–Kier alpha value is -2.21. The van der Waals surface area contributed by atoms with E-state index < -0.39 is 0 Å². The van der Waals surface area contributed by atoms with Gasteiger partial charge in [0.25, 0.3) is 5.91 Å². The minimum absolute atomic E-state index is 0.0317. The lowest BCUT2D eigenvalue weighted by molar-refractivity contribution is -0.134. The van der Waals surface area contributed by atoms with Gasteiger partial charge in [-0.1, -0.05) is 53.6 Å². The largest absolute Gasteiger partial charge is 0.304 e. The van der Waals surface area contributed by atoms with Crippen molar-refractivity contribution in [3.05, 3.63) is 69.7 Å². The summed E-state index contributed by atoms with van der Waals surface area (Å²) in [5, 5.41) is 7.19. The first-order valence-electron chi connectivity index (χ1n) is 10.5. The van der Waals surface area contributed by atoms with Crippen LogP contribution in [0.25, 0.3) is 0 Å². The molecular weight excluding hydrogens is 396 g/mol. The fraction of sp³-hybridized carbons (Fsp3) is 0.417. The van der Waals surface area contributed by atoms with Crippen LogP contribution in [0.5, 0.6) is 0 Å². The number of hydrogen-bond donors (Lipinski definition) is 0. The lowest BCUT2D eigenvalue weighted by atomic mass is 9.95. The average Bonchev–Trinajstić information content (AvgIpc) is 3.15. The maximum Gasteiger partial charge on any atom is 0.257 e. The highest BCUT2D eigenvalue weighted by molar-refractivity contribution is 6.31. The molecule has 5 nitrogen and oxygen atoms in total. The molecule has 30 heavy (non-hydrogen) atoms. The number of carbonyl (C=O) groups is 1. The Kier molecular flexibility index (Phi) is 6.23. The average molecular weight is 425 g/mol. The van der Waals surface area contributed by atoms with Crippen molar-refractivity contribution < 1.29 is 4.79 Å². The Morgan fingerprint density at radius 1 is 1.10 bits per heavy atom. The monoisotopic (exact) mass is 424 g/mol. The van der Waals surface area contributed by atoms with E-state index in [1.807, 2.05) is 24.3 Å². The molecule has 0 saturated carbocycles. The molecule has 0 spiro atoms. The molecule has 1 saturated heterocycles. The van der Waals surface area contributed by atoms with Crippen molar-refractivity contribution in [1.82, 2.24) is 14.8 Å². The second-order valence-electron chi connectivity index (χ2n) is 8.42. The molecule has 2 aliphatic rings. The predicted octanol–water partition coefficient (Wildman–Crippen LogP) is 3.88. The Morgan fingerprint density at radius 3 is 2.53 bits per heavy atom. The van der Waals surface area contributed by atoms with E-state index in [0.29, 0.717) is 18.0 Å². The Labute approximate surface area is 183 Å². The van der Waals surface area contributed by atoms with Crippen LogP contribution in [0.2, 0.25) is 5.02 Å². The van der Waals surface area contributed by atoms with Crippen LogP contribution in [-0.2, 0) is 4.79 Å². The van der Waals surface area contributed by atoms with Gasteiger partial charge in [0.1, 0.15) is 0 Å². The van der Waals surface area contributed by atoms with Gasteiger partial charge in [0.05, 0.1) is 18.3 Å². The molecule has 2 aromatic carbocycles. The van der Waals surface area contributed by atoms with Crippen molar-refractivity contribution in [3.63, 3.8) is 0 Å². The van der Waals surface area contributed by atoms with E-state index in [1.54, 1.807) is 5.01 Å². The van der Waals surface area contributed by atoms with Crippen LogP contribution in [0.4, 0.5) is 0 Å². The molecule has 2 heterocycles. The van der Waals surface area contributed by atoms with Crippen LogP contribution in [0, 0.1) is 13.8 Å². The van der Waals surface area contributed by atoms with Crippen LogP contribution in [0.3, 0.4) is 0 Å². The SMILES string of the molecule is Cc1ccc(C2=NN(C(=O)CN3CCN(C)CC3)C(c3ccccc3Cl)C2)c(C)c1. The molecule has 0 N–H and O–H groups in total. The van der Waals surface area contributed by atoms with Gasteiger partial charge >= 0.3 is 0 Å². The smallest absolute Gasteiger partial charge is 0.257 e. The normalized spacial score (nSPS) is 20.5. The molecule has 0 aliphatic carbocycles. The molecule has 0 radical (unpaired) electrons. The third-order valence-corrected chi connectivity index (χ3v) is 6.42. The summed E-state index contributed by atoms with van der Waals surface area (Å²) in [6.07, 6.45) is 0.669. The van der Waals surface area contributed by atoms with E-state index in [0.717, 1.165) is 43.0 Å². The fourth-order valence-corrected chi connectivity index (χ4v) is 4.56. The molecule has 2 aliphatic heterocycles. The third-order valence-electron chi connectivity index (χ3n) is 6.08. The molecule has 1 atom stereocenters. The van der Waals surface area contributed by atoms with Crippen LogP contribution >= 0.6 is 11.6 Å². The maximum absolute atomic E-state index is 13.3. The first-order valence-corrected chi connectivity index (χ1v) is 10.9. The lowest BCUT2D eigenvalue weighted by Crippen LogP contribution is -2.48. The zero-order chi connectivity index (χ0) is 21.3. The number of aryl methyl sites for hydroxylation is 2. The molecule has 4 rings (SSSR count). The van der Waals surface area contributed by atoms with Gasteiger partial charge in [-0.2, -0.15) is 5.10 Å². The number of amides is 1. The zero-order valence-corrected chi connectivity index (χ0v) is 18.7. The lowest BCUT2D eigenvalue weighted by Gasteiger charge is -2.33. The van der Waals surface area contributed by atoms with Crippen molar-refractivity contribution in [1.29, 1.82) is 0 Å². The van der Waals surface area contributed by atoms with E-state index in [1.165, 1.54) is 11.1 Å². The van der Waals surface area contributed by atoms with Crippen molar-refractivity contribution >= 4 is 23.2 Å². The van der Waals surface area contributed by atoms with Crippen molar-refractivity contribution in [2.75, 3.05) is 39.8 Å². The van der Waals surface area contributed by atoms with Gasteiger partial charge in [-0.05, 0) is 38.1 Å². The number of halogens is 1. The topological polar surface area (TPSA) is 39.2 Å². The van der Waals surface area contributed by atoms with Gasteiger partial charge in [-0.15, -0.1) is 0 Å². The number of hydrogen-bond acceptors (Lipinski definition) is 4. The summed E-state index contributed by atoms with van der Waals surface area (Å²) >= 11 is 6.52. The number of benzene rings is 2. The Bertz CT molecular complexity index is 965. The van der Waals surface area contributed by atoms with E-state index >= 15 is 0 Å². The highest BCUT2D eigenvalue weighted by Gasteiger charge is 2.35. The number of hydrazone groups is 1. The molecule has 0 bridgehead atoms. The minimum atomic E-state index is -0.172. The van der Waals surface area contributed by atoms with Gasteiger partial charge in [0, 0.05) is 43.2 Å². The molecule has 0 aromatic heterocycles. The number of piperazine rings is 1. The summed E-state index contributed by atoms with van der Waals surface area (Å²) in [5.74, 6) is 0.0317. The second-order valence-corrected chi connectivity index (χ2v) is 8.83. The minimum Gasteiger partial charge on any atom is -0.304 e. The summed E-state index contributed by atoms with van der Waals surface area (Å²) in [4.78, 5) is 17.8. The van der Waals surface area contributed by atoms with Gasteiger partial charge in [-0.25, -0.2) is 5.01 Å². The quantitative estimate of drug-likeness (QED) is 0.747. The number of nitrogens with zero attached hydrogens (tertiary/aromatic N) is 4. The zero-order valence-electron chi connectivity index (χ0n) is 17.9. The Morgan fingerprint density at radius 2 is 1.83 bits per heavy atom. The standard InChI is InChI=1S/C24H29ClN4O/c1-17-8-9-19(18(2)14-17)22-15-23(20-6-4-5-7-21(20)25)29(26-22)24(30)16-28-12-10-27(3)11-13-28/h4-9,14,23H,10-13,15-16H2,1-3H3. The highest BCUT2D eigenvalue weighted by atomic mass is 35.5. The summed E-state index contributed by atoms with van der Waals surface area (Å²) in [7, 11) is 2.12. The summed E-state index contributed by atoms with van der Waals surface area (Å²) in [6.45, 7) is 8.35. The molecule has 1 amide bonds. The van der Waals surface area contributed by atoms with Gasteiger partial charge < -0.3 is 4.90 Å². The number of carbonyl (C=O) groups excluding carboxylic acids is 1. The van der Waals surface area contributed by atoms with E-state index in [-0.39, 0.29) is 11.9 Å². The van der Waals surface area contributed by atoms with E-state index in [4.69, 9.17) is 16.7 Å². The molecule has 1 unspecified atom stereocenters. The number of likely N-dealkylation sites (N-methyl/N-ethyl adjacent to an activating group) is 1. The van der Waals surface area contributed by atoms with Gasteiger partial charge in [0.2, 0.25) is 0 Å². The maximum atomic E-state index is 13.3. The predicted molar refractivity (Wildman–Crippen MR) is 122 cm³/mol. The van der Waals surface area contributed by atoms with Gasteiger partial charge in [0.15, 0.2) is 0 Å². The van der Waals surface area contributed by atoms with Crippen molar-refractivity contribution in [3.8, 4) is 0 Å². The molecule has 6 heteroatoms. The summed E-state index contributed by atoms with van der Waals surface area (Å²) < 4.78 is 0. The van der Waals surface area contributed by atoms with Crippen LogP contribution in [0.15, 0.2) is 47.6 Å². The molecule has 1 fully saturated rings. The highest BCUT2D eigenvalue weighted by Crippen LogP contribution is 2.36. The van der Waals surface area contributed by atoms with Gasteiger partial charge in [-0.3, -0.25) is 9.69 Å². The summed E-state index contributed by atoms with van der Waals surface area (Å²) in [5.41, 5.74) is 5.41. The van der Waals surface area contributed by atoms with Crippen LogP contribution in [-0.4, -0.2) is 66.2 Å². The molecule has 2 aromatic rings. The summed E-state index contributed by atoms with van der Waals surface area (Å²) in [6, 6.07) is 14.0. The van der Waals surface area contributed by atoms with Crippen LogP contribution in [0.1, 0.15) is 34.7 Å². The first-order chi connectivity index (χ1) is 14.4. The van der Waals surface area contributed by atoms with Crippen molar-refractivity contribution in [2.45, 2.75) is 26.3 Å². The molecule has 158 valence electrons. The van der Waals surface area contributed by atoms with Crippen LogP contribution < -0.4 is 0 Å². The molecular formula is C24H29ClN4O. The van der Waals surface area contributed by atoms with E-state index in [2.05, 4.69) is 48.9 Å². The van der Waals surface area contributed by atoms with E-state index in [9.17, 15) is 4.79 Å². The fourth-order valence-electron chi connectivity index (χ4n) is 4.30. The van der Waals surface area contributed by atoms with Crippen molar-refractivity contribution in [2.24, 2.45) is 5.10 Å². The first kappa shape index (κ1) is 21.0. The Balaban J connectivity index is 1.62. The third kappa shape index (κ3) is 4.43. The second kappa shape index (κ2) is 8.88.